The summed E-state index contributed by atoms with van der Waals surface area (Å²) in [6.45, 7) is 14.0. The molecule has 0 heterocycles. The third-order valence-electron chi connectivity index (χ3n) is 0. The molecule has 0 aromatic heterocycles. The van der Waals surface area contributed by atoms with Crippen LogP contribution in [0.3, 0.4) is 0 Å². The van der Waals surface area contributed by atoms with Crippen LogP contribution < -0.4 is 0 Å². The maximum Gasteiger partial charge on any atom is 0.0462 e. The van der Waals surface area contributed by atoms with Crippen LogP contribution in [-0.2, 0) is 43.4 Å². The van der Waals surface area contributed by atoms with Gasteiger partial charge in [0.15, 0.2) is 0 Å². The van der Waals surface area contributed by atoms with Gasteiger partial charge in [-0.25, -0.2) is 21.0 Å². The molecule has 0 unspecified atom stereocenters. The van der Waals surface area contributed by atoms with Crippen LogP contribution in [0.25, 0.3) is 0 Å². The zero-order valence-electron chi connectivity index (χ0n) is 5.10. The van der Waals surface area contributed by atoms with Crippen LogP contribution in [0, 0.1) is 47.3 Å². The van der Waals surface area contributed by atoms with Crippen molar-refractivity contribution < 1.29 is 43.4 Å². The zero-order chi connectivity index (χ0) is 8.00. The Labute approximate surface area is 90.4 Å². The van der Waals surface area contributed by atoms with Crippen LogP contribution >= 0.6 is 0 Å². The van der Waals surface area contributed by atoms with Gasteiger partial charge in [-0.2, -0.15) is 0 Å². The van der Waals surface area contributed by atoms with Gasteiger partial charge in [0.25, 0.3) is 0 Å². The van der Waals surface area contributed by atoms with E-state index in [0.717, 1.165) is 0 Å². The van der Waals surface area contributed by atoms with Gasteiger partial charge >= 0.3 is 0 Å². The van der Waals surface area contributed by atoms with Gasteiger partial charge in [-0.05, 0) is 0 Å². The zero-order valence-corrected chi connectivity index (χ0v) is 8.22. The number of hydrogen-bond acceptors (Lipinski definition) is 4. The number of rotatable bonds is 0. The molecule has 0 amide bonds. The number of nitriles is 4. The molecule has 0 saturated carbocycles. The number of nitrogens with zero attached hydrogens (tertiary/aromatic N) is 4. The molecule has 0 aliphatic carbocycles. The SMILES string of the molecule is C#N.C#N.C#N.C#N.[Ti].[Ti]. The minimum Gasteiger partial charge on any atom is -0.202 e. The number of hydrogen-bond donors (Lipinski definition) is 0. The van der Waals surface area contributed by atoms with E-state index in [0.29, 0.717) is 0 Å². The summed E-state index contributed by atoms with van der Waals surface area (Å²) in [5.41, 5.74) is 0. The molecule has 0 radical (unpaired) electrons. The predicted molar refractivity (Wildman–Crippen MR) is 26.7 cm³/mol. The second-order valence-electron chi connectivity index (χ2n) is 0. The first-order valence-corrected chi connectivity index (χ1v) is 1.03. The second kappa shape index (κ2) is 1220. The van der Waals surface area contributed by atoms with Crippen molar-refractivity contribution in [2.24, 2.45) is 0 Å². The molecule has 0 aliphatic heterocycles. The minimum atomic E-state index is 0. The van der Waals surface area contributed by atoms with E-state index in [4.69, 9.17) is 21.0 Å². The second-order valence-corrected chi connectivity index (χ2v) is 0. The molecule has 0 aliphatic rings. The van der Waals surface area contributed by atoms with Crippen molar-refractivity contribution in [1.29, 1.82) is 21.0 Å². The van der Waals surface area contributed by atoms with E-state index in [2.05, 4.69) is 26.3 Å². The molecule has 0 rings (SSSR count). The van der Waals surface area contributed by atoms with Crippen molar-refractivity contribution in [3.8, 4) is 26.3 Å². The van der Waals surface area contributed by atoms with Crippen molar-refractivity contribution in [2.45, 2.75) is 0 Å². The molecule has 6 heteroatoms. The molecule has 0 fully saturated rings. The van der Waals surface area contributed by atoms with Gasteiger partial charge in [0.2, 0.25) is 0 Å². The van der Waals surface area contributed by atoms with E-state index < -0.39 is 0 Å². The summed E-state index contributed by atoms with van der Waals surface area (Å²) in [6, 6.07) is 0. The van der Waals surface area contributed by atoms with Crippen LogP contribution in [0.4, 0.5) is 0 Å². The molecule has 48 valence electrons. The molecule has 0 atom stereocenters. The fourth-order valence-electron chi connectivity index (χ4n) is 0. The third-order valence-corrected chi connectivity index (χ3v) is 0. The Morgan fingerprint density at radius 1 is 0.400 bits per heavy atom. The van der Waals surface area contributed by atoms with Crippen molar-refractivity contribution in [1.82, 2.24) is 0 Å². The van der Waals surface area contributed by atoms with Crippen LogP contribution in [0.5, 0.6) is 0 Å². The normalized spacial score (nSPS) is 0.800. The van der Waals surface area contributed by atoms with Gasteiger partial charge in [-0.1, -0.05) is 0 Å². The van der Waals surface area contributed by atoms with Crippen LogP contribution in [0.2, 0.25) is 0 Å². The standard InChI is InChI=1S/4CHN.2Ti/c4*1-2;;/h4*1H;;. The van der Waals surface area contributed by atoms with E-state index in [9.17, 15) is 0 Å². The monoisotopic (exact) mass is 204 g/mol. The molecule has 0 aromatic carbocycles. The van der Waals surface area contributed by atoms with E-state index in [1.165, 1.54) is 0 Å². The average Bonchev–Trinajstić information content (AvgIpc) is 2.03. The van der Waals surface area contributed by atoms with Crippen molar-refractivity contribution >= 4 is 0 Å². The van der Waals surface area contributed by atoms with Gasteiger partial charge < -0.3 is 0 Å². The van der Waals surface area contributed by atoms with Gasteiger partial charge in [0.1, 0.15) is 0 Å². The molecule has 0 bridgehead atoms. The Morgan fingerprint density at radius 3 is 0.400 bits per heavy atom. The van der Waals surface area contributed by atoms with Gasteiger partial charge in [-0.3, -0.25) is 0 Å². The first kappa shape index (κ1) is 57.5. The Bertz CT molecular complexity index is 58.2. The molecule has 0 saturated heterocycles. The summed E-state index contributed by atoms with van der Waals surface area (Å²) in [5, 5.41) is 26.0. The predicted octanol–water partition coefficient (Wildman–Crippen LogP) is 0.554. The third kappa shape index (κ3) is 807. The molecule has 10 heavy (non-hydrogen) atoms. The van der Waals surface area contributed by atoms with Gasteiger partial charge in [-0.15, -0.1) is 0 Å². The van der Waals surface area contributed by atoms with E-state index in [1.807, 2.05) is 0 Å². The molecule has 0 aromatic rings. The summed E-state index contributed by atoms with van der Waals surface area (Å²) in [7, 11) is 0. The van der Waals surface area contributed by atoms with Crippen LogP contribution in [0.1, 0.15) is 0 Å². The Balaban J connectivity index is -0.00000000500. The fraction of sp³-hybridized carbons (Fsp3) is 0. The Hall–Kier alpha value is -0.611. The fourth-order valence-corrected chi connectivity index (χ4v) is 0. The van der Waals surface area contributed by atoms with Crippen molar-refractivity contribution in [3.05, 3.63) is 0 Å². The first-order valence-electron chi connectivity index (χ1n) is 1.03. The molecule has 4 nitrogen and oxygen atoms in total. The minimum absolute atomic E-state index is 0. The Kier molecular flexibility index (Phi) is 7050. The van der Waals surface area contributed by atoms with Crippen LogP contribution in [-0.4, -0.2) is 0 Å². The van der Waals surface area contributed by atoms with Gasteiger partial charge in [0, 0.05) is 69.7 Å². The summed E-state index contributed by atoms with van der Waals surface area (Å²) in [4.78, 5) is 0. The van der Waals surface area contributed by atoms with Crippen LogP contribution in [0.15, 0.2) is 0 Å². The van der Waals surface area contributed by atoms with Gasteiger partial charge in [0.05, 0.1) is 0 Å². The summed E-state index contributed by atoms with van der Waals surface area (Å²) in [5.74, 6) is 0. The maximum atomic E-state index is 6.50. The topological polar surface area (TPSA) is 95.2 Å². The first-order chi connectivity index (χ1) is 4.00. The smallest absolute Gasteiger partial charge is 0.0462 e. The summed E-state index contributed by atoms with van der Waals surface area (Å²) < 4.78 is 0. The summed E-state index contributed by atoms with van der Waals surface area (Å²) in [6.07, 6.45) is 0. The molecular formula is C4H4N4Ti2. The molecule has 0 spiro atoms. The average molecular weight is 204 g/mol. The van der Waals surface area contributed by atoms with E-state index >= 15 is 0 Å². The van der Waals surface area contributed by atoms with Crippen molar-refractivity contribution in [2.75, 3.05) is 0 Å². The van der Waals surface area contributed by atoms with E-state index in [1.54, 1.807) is 0 Å². The summed E-state index contributed by atoms with van der Waals surface area (Å²) >= 11 is 0. The van der Waals surface area contributed by atoms with Crippen molar-refractivity contribution in [3.63, 3.8) is 0 Å². The molecular weight excluding hydrogens is 200 g/mol. The largest absolute Gasteiger partial charge is 0.202 e. The Morgan fingerprint density at radius 2 is 0.400 bits per heavy atom. The molecule has 0 N–H and O–H groups in total. The quantitative estimate of drug-likeness (QED) is 0.538. The maximum absolute atomic E-state index is 6.50. The van der Waals surface area contributed by atoms with E-state index in [-0.39, 0.29) is 43.4 Å².